The van der Waals surface area contributed by atoms with Gasteiger partial charge in [0.25, 0.3) is 0 Å². The van der Waals surface area contributed by atoms with Crippen LogP contribution in [0.3, 0.4) is 0 Å². The Kier molecular flexibility index (Phi) is 3.24. The molecule has 0 spiro atoms. The standard InChI is InChI=1S/C17H17ClO/c1-11-9-14-5-8-16(19-17(14)10-12(11)2)13-3-6-15(18)7-4-13/h3-4,6-7,9-10,16H,5,8H2,1-2H3. The maximum absolute atomic E-state index is 6.15. The van der Waals surface area contributed by atoms with Crippen LogP contribution in [0.25, 0.3) is 0 Å². The Balaban J connectivity index is 1.89. The van der Waals surface area contributed by atoms with Gasteiger partial charge in [0.1, 0.15) is 11.9 Å². The van der Waals surface area contributed by atoms with Gasteiger partial charge in [0.2, 0.25) is 0 Å². The van der Waals surface area contributed by atoms with Crippen molar-refractivity contribution < 1.29 is 4.74 Å². The molecule has 3 rings (SSSR count). The summed E-state index contributed by atoms with van der Waals surface area (Å²) in [5.74, 6) is 1.04. The summed E-state index contributed by atoms with van der Waals surface area (Å²) in [5.41, 5.74) is 5.16. The molecule has 0 saturated heterocycles. The van der Waals surface area contributed by atoms with Crippen LogP contribution in [0, 0.1) is 13.8 Å². The first-order chi connectivity index (χ1) is 9.13. The summed E-state index contributed by atoms with van der Waals surface area (Å²) in [6.07, 6.45) is 2.24. The predicted molar refractivity (Wildman–Crippen MR) is 79.1 cm³/mol. The van der Waals surface area contributed by atoms with Gasteiger partial charge in [-0.1, -0.05) is 29.8 Å². The average Bonchev–Trinajstić information content (AvgIpc) is 2.40. The molecule has 1 nitrogen and oxygen atoms in total. The van der Waals surface area contributed by atoms with E-state index < -0.39 is 0 Å². The Morgan fingerprint density at radius 3 is 2.47 bits per heavy atom. The van der Waals surface area contributed by atoms with Crippen LogP contribution in [0.1, 0.15) is 34.8 Å². The van der Waals surface area contributed by atoms with E-state index in [0.717, 1.165) is 23.6 Å². The van der Waals surface area contributed by atoms with Crippen molar-refractivity contribution in [2.24, 2.45) is 0 Å². The number of hydrogen-bond donors (Lipinski definition) is 0. The van der Waals surface area contributed by atoms with E-state index in [2.05, 4.69) is 38.1 Å². The van der Waals surface area contributed by atoms with Crippen LogP contribution in [0.2, 0.25) is 5.02 Å². The Bertz CT molecular complexity index is 601. The van der Waals surface area contributed by atoms with Crippen molar-refractivity contribution in [3.63, 3.8) is 0 Å². The molecule has 2 heteroatoms. The summed E-state index contributed by atoms with van der Waals surface area (Å²) in [7, 11) is 0. The van der Waals surface area contributed by atoms with Gasteiger partial charge in [-0.25, -0.2) is 0 Å². The van der Waals surface area contributed by atoms with Gasteiger partial charge in [-0.05, 0) is 67.1 Å². The summed E-state index contributed by atoms with van der Waals surface area (Å²) in [6.45, 7) is 4.28. The lowest BCUT2D eigenvalue weighted by Crippen LogP contribution is -2.15. The molecule has 0 amide bonds. The molecule has 1 heterocycles. The minimum Gasteiger partial charge on any atom is -0.485 e. The Hall–Kier alpha value is -1.47. The number of fused-ring (bicyclic) bond motifs is 1. The van der Waals surface area contributed by atoms with Crippen LogP contribution in [-0.4, -0.2) is 0 Å². The summed E-state index contributed by atoms with van der Waals surface area (Å²) >= 11 is 5.93. The Morgan fingerprint density at radius 1 is 1.05 bits per heavy atom. The van der Waals surface area contributed by atoms with E-state index in [1.807, 2.05) is 12.1 Å². The number of halogens is 1. The smallest absolute Gasteiger partial charge is 0.124 e. The van der Waals surface area contributed by atoms with Gasteiger partial charge in [0.15, 0.2) is 0 Å². The van der Waals surface area contributed by atoms with E-state index in [0.29, 0.717) is 0 Å². The molecule has 0 aromatic heterocycles. The van der Waals surface area contributed by atoms with Crippen molar-refractivity contribution in [1.82, 2.24) is 0 Å². The van der Waals surface area contributed by atoms with E-state index in [4.69, 9.17) is 16.3 Å². The lowest BCUT2D eigenvalue weighted by molar-refractivity contribution is 0.176. The van der Waals surface area contributed by atoms with Gasteiger partial charge in [-0.15, -0.1) is 0 Å². The van der Waals surface area contributed by atoms with Crippen molar-refractivity contribution >= 4 is 11.6 Å². The number of rotatable bonds is 1. The zero-order chi connectivity index (χ0) is 13.4. The van der Waals surface area contributed by atoms with Crippen molar-refractivity contribution in [2.45, 2.75) is 32.8 Å². The molecule has 0 bridgehead atoms. The zero-order valence-electron chi connectivity index (χ0n) is 11.2. The first-order valence-corrected chi connectivity index (χ1v) is 7.03. The van der Waals surface area contributed by atoms with Crippen LogP contribution in [0.4, 0.5) is 0 Å². The third-order valence-corrected chi connectivity index (χ3v) is 4.12. The first kappa shape index (κ1) is 12.6. The van der Waals surface area contributed by atoms with Crippen LogP contribution in [0.5, 0.6) is 5.75 Å². The molecule has 1 unspecified atom stereocenters. The summed E-state index contributed by atoms with van der Waals surface area (Å²) in [4.78, 5) is 0. The third-order valence-electron chi connectivity index (χ3n) is 3.86. The van der Waals surface area contributed by atoms with Gasteiger partial charge < -0.3 is 4.74 Å². The van der Waals surface area contributed by atoms with E-state index in [9.17, 15) is 0 Å². The maximum Gasteiger partial charge on any atom is 0.124 e. The van der Waals surface area contributed by atoms with Crippen molar-refractivity contribution in [3.05, 3.63) is 63.7 Å². The lowest BCUT2D eigenvalue weighted by Gasteiger charge is -2.27. The second-order valence-electron chi connectivity index (χ2n) is 5.24. The fourth-order valence-corrected chi connectivity index (χ4v) is 2.69. The van der Waals surface area contributed by atoms with Crippen molar-refractivity contribution in [1.29, 1.82) is 0 Å². The molecular formula is C17H17ClO. The molecule has 0 saturated carbocycles. The lowest BCUT2D eigenvalue weighted by atomic mass is 9.95. The molecule has 0 radical (unpaired) electrons. The van der Waals surface area contributed by atoms with Gasteiger partial charge >= 0.3 is 0 Å². The fraction of sp³-hybridized carbons (Fsp3) is 0.294. The van der Waals surface area contributed by atoms with Gasteiger partial charge in [-0.3, -0.25) is 0 Å². The molecule has 1 aliphatic rings. The van der Waals surface area contributed by atoms with E-state index in [1.165, 1.54) is 22.3 Å². The van der Waals surface area contributed by atoms with Crippen LogP contribution in [-0.2, 0) is 6.42 Å². The first-order valence-electron chi connectivity index (χ1n) is 6.66. The SMILES string of the molecule is Cc1cc2c(cc1C)OC(c1ccc(Cl)cc1)CC2. The normalized spacial score (nSPS) is 17.7. The molecular weight excluding hydrogens is 256 g/mol. The van der Waals surface area contributed by atoms with Crippen molar-refractivity contribution in [2.75, 3.05) is 0 Å². The summed E-state index contributed by atoms with van der Waals surface area (Å²) < 4.78 is 6.15. The predicted octanol–water partition coefficient (Wildman–Crippen LogP) is 5.02. The highest BCUT2D eigenvalue weighted by atomic mass is 35.5. The van der Waals surface area contributed by atoms with Crippen molar-refractivity contribution in [3.8, 4) is 5.75 Å². The molecule has 98 valence electrons. The van der Waals surface area contributed by atoms with Crippen LogP contribution in [0.15, 0.2) is 36.4 Å². The highest BCUT2D eigenvalue weighted by Crippen LogP contribution is 2.36. The molecule has 0 N–H and O–H groups in total. The number of ether oxygens (including phenoxy) is 1. The molecule has 2 aromatic rings. The summed E-state index contributed by atoms with van der Waals surface area (Å²) in [6, 6.07) is 12.4. The van der Waals surface area contributed by atoms with E-state index in [-0.39, 0.29) is 6.10 Å². The summed E-state index contributed by atoms with van der Waals surface area (Å²) in [5, 5.41) is 0.770. The third kappa shape index (κ3) is 2.48. The van der Waals surface area contributed by atoms with E-state index >= 15 is 0 Å². The topological polar surface area (TPSA) is 9.23 Å². The average molecular weight is 273 g/mol. The molecule has 0 aliphatic carbocycles. The number of hydrogen-bond acceptors (Lipinski definition) is 1. The second kappa shape index (κ2) is 4.90. The fourth-order valence-electron chi connectivity index (χ4n) is 2.57. The molecule has 1 aliphatic heterocycles. The zero-order valence-corrected chi connectivity index (χ0v) is 12.0. The van der Waals surface area contributed by atoms with Gasteiger partial charge in [0, 0.05) is 5.02 Å². The quantitative estimate of drug-likeness (QED) is 0.708. The van der Waals surface area contributed by atoms with Gasteiger partial charge in [0.05, 0.1) is 0 Å². The molecule has 2 aromatic carbocycles. The Labute approximate surface area is 119 Å². The van der Waals surface area contributed by atoms with Crippen LogP contribution < -0.4 is 4.74 Å². The molecule has 19 heavy (non-hydrogen) atoms. The molecule has 0 fully saturated rings. The van der Waals surface area contributed by atoms with Gasteiger partial charge in [-0.2, -0.15) is 0 Å². The number of benzene rings is 2. The van der Waals surface area contributed by atoms with E-state index in [1.54, 1.807) is 0 Å². The monoisotopic (exact) mass is 272 g/mol. The largest absolute Gasteiger partial charge is 0.485 e. The molecule has 1 atom stereocenters. The highest BCUT2D eigenvalue weighted by molar-refractivity contribution is 6.30. The van der Waals surface area contributed by atoms with Crippen LogP contribution >= 0.6 is 11.6 Å². The Morgan fingerprint density at radius 2 is 1.74 bits per heavy atom. The highest BCUT2D eigenvalue weighted by Gasteiger charge is 2.21. The minimum absolute atomic E-state index is 0.145. The number of aryl methyl sites for hydroxylation is 3. The minimum atomic E-state index is 0.145. The second-order valence-corrected chi connectivity index (χ2v) is 5.68. The maximum atomic E-state index is 6.15.